The second kappa shape index (κ2) is 5.92. The van der Waals surface area contributed by atoms with Crippen LogP contribution in [0.5, 0.6) is 0 Å². The maximum Gasteiger partial charge on any atom is 0.0736 e. The van der Waals surface area contributed by atoms with Crippen molar-refractivity contribution in [2.24, 2.45) is 11.8 Å². The summed E-state index contributed by atoms with van der Waals surface area (Å²) in [6.07, 6.45) is 5.02. The van der Waals surface area contributed by atoms with E-state index in [1.165, 1.54) is 35.4 Å². The molecule has 2 rings (SSSR count). The number of likely N-dealkylation sites (N-methyl/N-ethyl adjacent to an activating group) is 1. The van der Waals surface area contributed by atoms with Crippen LogP contribution in [-0.4, -0.2) is 24.5 Å². The molecule has 0 aliphatic heterocycles. The highest BCUT2D eigenvalue weighted by Gasteiger charge is 2.43. The third-order valence-corrected chi connectivity index (χ3v) is 5.85. The van der Waals surface area contributed by atoms with Gasteiger partial charge in [0.1, 0.15) is 0 Å². The highest BCUT2D eigenvalue weighted by Crippen LogP contribution is 2.44. The first kappa shape index (κ1) is 15.0. The monoisotopic (exact) mass is 281 g/mol. The molecule has 0 bridgehead atoms. The van der Waals surface area contributed by atoms with Crippen LogP contribution in [0.3, 0.4) is 0 Å². The van der Waals surface area contributed by atoms with Crippen molar-refractivity contribution < 1.29 is 0 Å². The number of hydrazine groups is 1. The van der Waals surface area contributed by atoms with Crippen LogP contribution in [0.25, 0.3) is 0 Å². The van der Waals surface area contributed by atoms with E-state index in [9.17, 15) is 0 Å². The fourth-order valence-corrected chi connectivity index (χ4v) is 4.42. The van der Waals surface area contributed by atoms with E-state index in [0.29, 0.717) is 0 Å². The maximum absolute atomic E-state index is 5.93. The maximum atomic E-state index is 5.93. The van der Waals surface area contributed by atoms with Gasteiger partial charge >= 0.3 is 0 Å². The van der Waals surface area contributed by atoms with Crippen LogP contribution in [0.1, 0.15) is 48.4 Å². The minimum atomic E-state index is 0.151. The fourth-order valence-electron chi connectivity index (χ4n) is 3.37. The Balaban J connectivity index is 2.31. The SMILES string of the molecule is Cc1ccc(C(NN)C2(N(C)C)CCC(C)CC2)s1. The van der Waals surface area contributed by atoms with E-state index in [4.69, 9.17) is 5.84 Å². The highest BCUT2D eigenvalue weighted by molar-refractivity contribution is 7.12. The van der Waals surface area contributed by atoms with Crippen molar-refractivity contribution in [3.63, 3.8) is 0 Å². The lowest BCUT2D eigenvalue weighted by atomic mass is 9.72. The molecule has 0 spiro atoms. The predicted molar refractivity (Wildman–Crippen MR) is 83.2 cm³/mol. The molecule has 4 heteroatoms. The van der Waals surface area contributed by atoms with Gasteiger partial charge in [-0.25, -0.2) is 0 Å². The summed E-state index contributed by atoms with van der Waals surface area (Å²) in [6, 6.07) is 4.65. The van der Waals surface area contributed by atoms with Crippen molar-refractivity contribution in [3.05, 3.63) is 21.9 Å². The number of nitrogens with two attached hydrogens (primary N) is 1. The first-order valence-electron chi connectivity index (χ1n) is 7.19. The normalized spacial score (nSPS) is 29.7. The van der Waals surface area contributed by atoms with Crippen molar-refractivity contribution in [2.75, 3.05) is 14.1 Å². The Morgan fingerprint density at radius 1 is 1.37 bits per heavy atom. The lowest BCUT2D eigenvalue weighted by Gasteiger charge is -2.49. The van der Waals surface area contributed by atoms with Gasteiger partial charge in [0, 0.05) is 15.3 Å². The molecule has 0 aromatic carbocycles. The smallest absolute Gasteiger partial charge is 0.0736 e. The van der Waals surface area contributed by atoms with Crippen molar-refractivity contribution in [1.82, 2.24) is 10.3 Å². The van der Waals surface area contributed by atoms with Gasteiger partial charge in [-0.3, -0.25) is 11.3 Å². The van der Waals surface area contributed by atoms with Gasteiger partial charge in [-0.05, 0) is 64.8 Å². The molecule has 19 heavy (non-hydrogen) atoms. The molecule has 1 aromatic rings. The number of nitrogens with one attached hydrogen (secondary N) is 1. The van der Waals surface area contributed by atoms with E-state index in [1.807, 2.05) is 11.3 Å². The Hall–Kier alpha value is -0.420. The number of aryl methyl sites for hydroxylation is 1. The zero-order chi connectivity index (χ0) is 14.0. The van der Waals surface area contributed by atoms with Gasteiger partial charge in [0.2, 0.25) is 0 Å². The van der Waals surface area contributed by atoms with Crippen LogP contribution in [-0.2, 0) is 0 Å². The first-order valence-corrected chi connectivity index (χ1v) is 8.01. The van der Waals surface area contributed by atoms with Crippen LogP contribution in [0, 0.1) is 12.8 Å². The Kier molecular flexibility index (Phi) is 4.66. The molecular weight excluding hydrogens is 254 g/mol. The molecule has 0 amide bonds. The Morgan fingerprint density at radius 2 is 2.00 bits per heavy atom. The summed E-state index contributed by atoms with van der Waals surface area (Å²) in [7, 11) is 4.39. The third kappa shape index (κ3) is 2.87. The molecule has 1 fully saturated rings. The first-order chi connectivity index (χ1) is 8.99. The average Bonchev–Trinajstić information content (AvgIpc) is 2.79. The van der Waals surface area contributed by atoms with Gasteiger partial charge in [-0.15, -0.1) is 11.3 Å². The topological polar surface area (TPSA) is 41.3 Å². The summed E-state index contributed by atoms with van der Waals surface area (Å²) in [5.74, 6) is 6.78. The number of rotatable bonds is 4. The van der Waals surface area contributed by atoms with Crippen LogP contribution < -0.4 is 11.3 Å². The molecule has 1 aliphatic rings. The molecular formula is C15H27N3S. The molecule has 0 saturated heterocycles. The van der Waals surface area contributed by atoms with Crippen LogP contribution in [0.2, 0.25) is 0 Å². The van der Waals surface area contributed by atoms with Gasteiger partial charge in [-0.2, -0.15) is 0 Å². The summed E-state index contributed by atoms with van der Waals surface area (Å²) in [5.41, 5.74) is 3.26. The molecule has 3 nitrogen and oxygen atoms in total. The number of nitrogens with zero attached hydrogens (tertiary/aromatic N) is 1. The van der Waals surface area contributed by atoms with E-state index >= 15 is 0 Å². The standard InChI is InChI=1S/C15H27N3S/c1-11-7-9-15(10-8-11,18(3)4)14(17-16)13-6-5-12(2)19-13/h5-6,11,14,17H,7-10,16H2,1-4H3. The van der Waals surface area contributed by atoms with E-state index in [2.05, 4.69) is 50.4 Å². The second-order valence-electron chi connectivity index (χ2n) is 6.23. The number of hydrogen-bond acceptors (Lipinski definition) is 4. The van der Waals surface area contributed by atoms with Gasteiger partial charge in [-0.1, -0.05) is 6.92 Å². The summed E-state index contributed by atoms with van der Waals surface area (Å²) in [5, 5.41) is 0. The van der Waals surface area contributed by atoms with Crippen molar-refractivity contribution in [1.29, 1.82) is 0 Å². The van der Waals surface area contributed by atoms with Crippen molar-refractivity contribution >= 4 is 11.3 Å². The van der Waals surface area contributed by atoms with E-state index in [-0.39, 0.29) is 11.6 Å². The average molecular weight is 281 g/mol. The molecule has 3 N–H and O–H groups in total. The van der Waals surface area contributed by atoms with Gasteiger partial charge in [0.15, 0.2) is 0 Å². The van der Waals surface area contributed by atoms with E-state index < -0.39 is 0 Å². The second-order valence-corrected chi connectivity index (χ2v) is 7.55. The lowest BCUT2D eigenvalue weighted by molar-refractivity contribution is 0.0440. The van der Waals surface area contributed by atoms with Gasteiger partial charge in [0.05, 0.1) is 6.04 Å². The molecule has 1 aliphatic carbocycles. The van der Waals surface area contributed by atoms with Crippen LogP contribution in [0.4, 0.5) is 0 Å². The fraction of sp³-hybridized carbons (Fsp3) is 0.733. The minimum Gasteiger partial charge on any atom is -0.302 e. The molecule has 1 atom stereocenters. The predicted octanol–water partition coefficient (Wildman–Crippen LogP) is 3.07. The van der Waals surface area contributed by atoms with Crippen molar-refractivity contribution in [3.8, 4) is 0 Å². The van der Waals surface area contributed by atoms with E-state index in [0.717, 1.165) is 5.92 Å². The summed E-state index contributed by atoms with van der Waals surface area (Å²) in [6.45, 7) is 4.52. The molecule has 108 valence electrons. The zero-order valence-corrected chi connectivity index (χ0v) is 13.4. The lowest BCUT2D eigenvalue weighted by Crippen LogP contribution is -2.56. The molecule has 1 aromatic heterocycles. The summed E-state index contributed by atoms with van der Waals surface area (Å²) in [4.78, 5) is 5.11. The van der Waals surface area contributed by atoms with E-state index in [1.54, 1.807) is 0 Å². The molecule has 1 heterocycles. The molecule has 1 saturated carbocycles. The number of thiophene rings is 1. The van der Waals surface area contributed by atoms with Crippen molar-refractivity contribution in [2.45, 2.75) is 51.1 Å². The van der Waals surface area contributed by atoms with Crippen LogP contribution in [0.15, 0.2) is 12.1 Å². The third-order valence-electron chi connectivity index (χ3n) is 4.78. The minimum absolute atomic E-state index is 0.151. The quantitative estimate of drug-likeness (QED) is 0.658. The molecule has 1 unspecified atom stereocenters. The zero-order valence-electron chi connectivity index (χ0n) is 12.6. The number of hydrogen-bond donors (Lipinski definition) is 2. The highest BCUT2D eigenvalue weighted by atomic mass is 32.1. The van der Waals surface area contributed by atoms with Gasteiger partial charge in [0.25, 0.3) is 0 Å². The Labute approximate surface area is 121 Å². The summed E-state index contributed by atoms with van der Waals surface area (Å²) >= 11 is 1.86. The summed E-state index contributed by atoms with van der Waals surface area (Å²) < 4.78 is 0. The Morgan fingerprint density at radius 3 is 2.42 bits per heavy atom. The van der Waals surface area contributed by atoms with Gasteiger partial charge < -0.3 is 4.90 Å². The van der Waals surface area contributed by atoms with Crippen LogP contribution >= 0.6 is 11.3 Å². The molecule has 0 radical (unpaired) electrons. The Bertz CT molecular complexity index is 405. The largest absolute Gasteiger partial charge is 0.302 e.